The number of hydrogen-bond donors (Lipinski definition) is 2. The molecule has 0 amide bonds. The van der Waals surface area contributed by atoms with Crippen molar-refractivity contribution in [1.29, 1.82) is 0 Å². The number of likely N-dealkylation sites (N-methyl/N-ethyl adjacent to an activating group) is 2. The van der Waals surface area contributed by atoms with Gasteiger partial charge >= 0.3 is 27.0 Å². The van der Waals surface area contributed by atoms with Crippen molar-refractivity contribution < 1.29 is 70.8 Å². The Balaban J connectivity index is -0.0000000369. The fourth-order valence-corrected chi connectivity index (χ4v) is 0.823. The fraction of sp³-hybridized carbons (Fsp3) is 0.846. The monoisotopic (exact) mass is 589 g/mol. The molecule has 0 saturated carbocycles. The first-order valence-corrected chi connectivity index (χ1v) is 6.67. The third kappa shape index (κ3) is 68.7. The van der Waals surface area contributed by atoms with Crippen molar-refractivity contribution in [3.63, 3.8) is 0 Å². The molecule has 25 heavy (non-hydrogen) atoms. The molecule has 0 aliphatic heterocycles. The molecule has 0 heterocycles. The van der Waals surface area contributed by atoms with E-state index in [-0.39, 0.29) is 64.2 Å². The predicted molar refractivity (Wildman–Crippen MR) is 83.4 cm³/mol. The number of carboxylic acids is 1. The summed E-state index contributed by atoms with van der Waals surface area (Å²) in [6.07, 6.45) is -0.383. The molecule has 0 aliphatic rings. The molecule has 0 aromatic carbocycles. The van der Waals surface area contributed by atoms with Gasteiger partial charge in [-0.25, -0.2) is 0 Å². The van der Waals surface area contributed by atoms with Gasteiger partial charge in [-0.1, -0.05) is 0 Å². The summed E-state index contributed by atoms with van der Waals surface area (Å²) in [7, 11) is 9.23. The van der Waals surface area contributed by atoms with Gasteiger partial charge in [-0.2, -0.15) is 0 Å². The predicted octanol–water partition coefficient (Wildman–Crippen LogP) is -8.47. The van der Waals surface area contributed by atoms with Gasteiger partial charge in [-0.3, -0.25) is 4.79 Å². The zero-order valence-corrected chi connectivity index (χ0v) is 19.2. The number of nitrogens with two attached hydrogens (primary N) is 2. The Morgan fingerprint density at radius 2 is 1.24 bits per heavy atom. The van der Waals surface area contributed by atoms with Gasteiger partial charge in [0.15, 0.2) is 0 Å². The molecule has 5 N–H and O–H groups in total. The molecule has 0 unspecified atom stereocenters. The SMILES string of the molecule is CN(C)CCN.CN(C)CCN.COC(=O)CCC(=O)[O-].[Cl-].[Cl-].[OH-].[Pt+4]. The molecular weight excluding hydrogens is 558 g/mol. The Morgan fingerprint density at radius 1 is 0.920 bits per heavy atom. The van der Waals surface area contributed by atoms with Crippen LogP contribution in [0, 0.1) is 0 Å². The number of nitrogens with zero attached hydrogens (tertiary/aromatic N) is 2. The summed E-state index contributed by atoms with van der Waals surface area (Å²) in [5.74, 6) is -1.76. The van der Waals surface area contributed by atoms with E-state index in [1.807, 2.05) is 28.2 Å². The van der Waals surface area contributed by atoms with Crippen molar-refractivity contribution in [3.8, 4) is 0 Å². The molecule has 0 bridgehead atoms. The van der Waals surface area contributed by atoms with Gasteiger partial charge in [0.05, 0.1) is 13.5 Å². The number of esters is 1. The third-order valence-corrected chi connectivity index (χ3v) is 1.91. The Hall–Kier alpha value is 0.00831. The van der Waals surface area contributed by atoms with E-state index >= 15 is 0 Å². The molecule has 0 aromatic heterocycles. The first-order valence-electron chi connectivity index (χ1n) is 6.67. The van der Waals surface area contributed by atoms with E-state index in [4.69, 9.17) is 11.5 Å². The van der Waals surface area contributed by atoms with E-state index < -0.39 is 11.9 Å². The molecule has 0 saturated heterocycles. The first-order chi connectivity index (χ1) is 9.70. The summed E-state index contributed by atoms with van der Waals surface area (Å²) < 4.78 is 4.17. The Kier molecular flexibility index (Phi) is 62.5. The minimum absolute atomic E-state index is 0. The molecular formula is C13H32Cl2N4O5Pt. The summed E-state index contributed by atoms with van der Waals surface area (Å²) in [6.45, 7) is 3.49. The Bertz CT molecular complexity index is 257. The van der Waals surface area contributed by atoms with Gasteiger partial charge in [0.25, 0.3) is 0 Å². The van der Waals surface area contributed by atoms with Crippen LogP contribution in [0.5, 0.6) is 0 Å². The molecule has 0 fully saturated rings. The standard InChI is InChI=1S/C5H8O4.2C4H12N2.2ClH.H2O.Pt/c1-9-5(8)3-2-4(6)7;2*1-6(2)4-3-5;;;;/h2-3H2,1H3,(H,6,7);2*3-5H2,1-2H3;2*1H;1H2;/q;;;;;;+4/p-4. The summed E-state index contributed by atoms with van der Waals surface area (Å²) in [4.78, 5) is 24.0. The summed E-state index contributed by atoms with van der Waals surface area (Å²) >= 11 is 0. The smallest absolute Gasteiger partial charge is 1.00 e. The van der Waals surface area contributed by atoms with E-state index in [0.29, 0.717) is 0 Å². The summed E-state index contributed by atoms with van der Waals surface area (Å²) in [5, 5.41) is 9.70. The van der Waals surface area contributed by atoms with Crippen LogP contribution in [0.3, 0.4) is 0 Å². The van der Waals surface area contributed by atoms with Gasteiger partial charge < -0.3 is 66.2 Å². The molecule has 158 valence electrons. The Labute approximate surface area is 178 Å². The van der Waals surface area contributed by atoms with Gasteiger partial charge in [0.1, 0.15) is 0 Å². The first kappa shape index (κ1) is 44.4. The van der Waals surface area contributed by atoms with Crippen LogP contribution in [0.2, 0.25) is 0 Å². The molecule has 12 heteroatoms. The average Bonchev–Trinajstić information content (AvgIpc) is 2.37. The summed E-state index contributed by atoms with van der Waals surface area (Å²) in [6, 6.07) is 0. The number of rotatable bonds is 7. The topological polar surface area (TPSA) is 155 Å². The van der Waals surface area contributed by atoms with E-state index in [1.54, 1.807) is 0 Å². The van der Waals surface area contributed by atoms with Crippen LogP contribution in [-0.2, 0) is 35.4 Å². The van der Waals surface area contributed by atoms with E-state index in [1.165, 1.54) is 7.11 Å². The maximum atomic E-state index is 10.2. The van der Waals surface area contributed by atoms with Crippen LogP contribution in [-0.4, -0.2) is 88.7 Å². The van der Waals surface area contributed by atoms with Crippen molar-refractivity contribution in [3.05, 3.63) is 0 Å². The van der Waals surface area contributed by atoms with Crippen molar-refractivity contribution in [2.45, 2.75) is 12.8 Å². The van der Waals surface area contributed by atoms with Crippen LogP contribution in [0.25, 0.3) is 0 Å². The third-order valence-electron chi connectivity index (χ3n) is 1.91. The molecule has 0 aromatic rings. The van der Waals surface area contributed by atoms with Crippen molar-refractivity contribution in [1.82, 2.24) is 9.80 Å². The average molecular weight is 590 g/mol. The van der Waals surface area contributed by atoms with Crippen LogP contribution < -0.4 is 41.4 Å². The number of methoxy groups -OCH3 is 1. The fourth-order valence-electron chi connectivity index (χ4n) is 0.823. The molecule has 9 nitrogen and oxygen atoms in total. The van der Waals surface area contributed by atoms with Gasteiger partial charge in [-0.05, 0) is 34.6 Å². The second kappa shape index (κ2) is 35.2. The molecule has 0 aliphatic carbocycles. The van der Waals surface area contributed by atoms with Gasteiger partial charge in [-0.15, -0.1) is 0 Å². The number of carbonyl (C=O) groups excluding carboxylic acids is 2. The largest absolute Gasteiger partial charge is 4.00 e. The molecule has 0 spiro atoms. The van der Waals surface area contributed by atoms with Crippen molar-refractivity contribution in [2.75, 3.05) is 61.5 Å². The maximum Gasteiger partial charge on any atom is 4.00 e. The van der Waals surface area contributed by atoms with E-state index in [9.17, 15) is 14.7 Å². The normalized spacial score (nSPS) is 7.88. The molecule has 0 atom stereocenters. The second-order valence-electron chi connectivity index (χ2n) is 4.63. The maximum absolute atomic E-state index is 10.2. The zero-order chi connectivity index (χ0) is 17.3. The number of halogens is 2. The van der Waals surface area contributed by atoms with E-state index in [2.05, 4.69) is 14.5 Å². The minimum Gasteiger partial charge on any atom is -1.00 e. The van der Waals surface area contributed by atoms with E-state index in [0.717, 1.165) is 26.2 Å². The van der Waals surface area contributed by atoms with Crippen LogP contribution >= 0.6 is 0 Å². The van der Waals surface area contributed by atoms with Gasteiger partial charge in [0.2, 0.25) is 0 Å². The number of carboxylic acid groups (broad SMARTS) is 1. The van der Waals surface area contributed by atoms with Crippen LogP contribution in [0.4, 0.5) is 0 Å². The quantitative estimate of drug-likeness (QED) is 0.275. The number of aliphatic carboxylic acids is 1. The van der Waals surface area contributed by atoms with Crippen LogP contribution in [0.1, 0.15) is 12.8 Å². The second-order valence-corrected chi connectivity index (χ2v) is 4.63. The summed E-state index contributed by atoms with van der Waals surface area (Å²) in [5.41, 5.74) is 10.4. The molecule has 0 rings (SSSR count). The number of hydrogen-bond acceptors (Lipinski definition) is 9. The number of carbonyl (C=O) groups is 2. The Morgan fingerprint density at radius 3 is 1.36 bits per heavy atom. The zero-order valence-electron chi connectivity index (χ0n) is 15.4. The van der Waals surface area contributed by atoms with Crippen molar-refractivity contribution in [2.24, 2.45) is 11.5 Å². The number of ether oxygens (including phenoxy) is 1. The van der Waals surface area contributed by atoms with Crippen molar-refractivity contribution >= 4 is 11.9 Å². The van der Waals surface area contributed by atoms with Crippen LogP contribution in [0.15, 0.2) is 0 Å². The minimum atomic E-state index is -1.24. The molecule has 0 radical (unpaired) electrons. The van der Waals surface area contributed by atoms with Gasteiger partial charge in [0, 0.05) is 32.1 Å².